The molecule has 0 amide bonds. The summed E-state index contributed by atoms with van der Waals surface area (Å²) in [4.78, 5) is 7.42. The summed E-state index contributed by atoms with van der Waals surface area (Å²) in [5, 5.41) is 2.83. The van der Waals surface area contributed by atoms with Crippen molar-refractivity contribution >= 4 is 11.6 Å². The number of rotatable bonds is 7. The highest BCUT2D eigenvalue weighted by atomic mass is 19.4. The van der Waals surface area contributed by atoms with E-state index in [1.54, 1.807) is 24.3 Å². The molecular formula is C16H18F3N3O2. The van der Waals surface area contributed by atoms with E-state index < -0.39 is 17.6 Å². The topological polar surface area (TPSA) is 56.3 Å². The molecule has 2 aromatic rings. The molecule has 130 valence electrons. The summed E-state index contributed by atoms with van der Waals surface area (Å²) in [5.41, 5.74) is -0.394. The zero-order chi connectivity index (χ0) is 17.6. The smallest absolute Gasteiger partial charge is 0.423 e. The van der Waals surface area contributed by atoms with Crippen molar-refractivity contribution in [3.8, 4) is 11.6 Å². The number of unbranched alkanes of at least 4 members (excludes halogenated alkanes) is 1. The number of hydrogen-bond donors (Lipinski definition) is 1. The van der Waals surface area contributed by atoms with Crippen molar-refractivity contribution in [3.05, 3.63) is 36.0 Å². The number of benzene rings is 1. The molecule has 2 rings (SSSR count). The van der Waals surface area contributed by atoms with E-state index in [1.807, 2.05) is 0 Å². The summed E-state index contributed by atoms with van der Waals surface area (Å²) in [5.74, 6) is 0.207. The minimum Gasteiger partial charge on any atom is -0.494 e. The molecule has 0 atom stereocenters. The Kier molecular flexibility index (Phi) is 5.83. The fourth-order valence-corrected chi connectivity index (χ4v) is 1.87. The Bertz CT molecular complexity index is 661. The van der Waals surface area contributed by atoms with Gasteiger partial charge in [0.15, 0.2) is 0 Å². The van der Waals surface area contributed by atoms with Crippen LogP contribution in [0.1, 0.15) is 25.3 Å². The van der Waals surface area contributed by atoms with Crippen LogP contribution in [0.2, 0.25) is 0 Å². The predicted molar refractivity (Wildman–Crippen MR) is 83.7 cm³/mol. The van der Waals surface area contributed by atoms with Gasteiger partial charge in [-0.25, -0.2) is 4.98 Å². The second kappa shape index (κ2) is 7.85. The first-order valence-corrected chi connectivity index (χ1v) is 7.42. The number of methoxy groups -OCH3 is 1. The van der Waals surface area contributed by atoms with E-state index in [2.05, 4.69) is 22.2 Å². The van der Waals surface area contributed by atoms with Crippen LogP contribution in [0.5, 0.6) is 11.6 Å². The Morgan fingerprint density at radius 1 is 1.17 bits per heavy atom. The minimum absolute atomic E-state index is 0.0134. The van der Waals surface area contributed by atoms with Crippen LogP contribution < -0.4 is 14.8 Å². The molecule has 24 heavy (non-hydrogen) atoms. The van der Waals surface area contributed by atoms with E-state index in [9.17, 15) is 13.2 Å². The molecule has 0 unspecified atom stereocenters. The van der Waals surface area contributed by atoms with Crippen molar-refractivity contribution in [2.75, 3.05) is 19.0 Å². The Labute approximate surface area is 137 Å². The summed E-state index contributed by atoms with van der Waals surface area (Å²) in [6.45, 7) is 2.72. The number of anilines is 2. The van der Waals surface area contributed by atoms with Crippen molar-refractivity contribution in [2.24, 2.45) is 0 Å². The van der Waals surface area contributed by atoms with E-state index in [0.29, 0.717) is 18.5 Å². The summed E-state index contributed by atoms with van der Waals surface area (Å²) in [6.07, 6.45) is -1.86. The minimum atomic E-state index is -4.57. The van der Waals surface area contributed by atoms with Gasteiger partial charge in [-0.05, 0) is 30.7 Å². The molecule has 0 fully saturated rings. The van der Waals surface area contributed by atoms with Crippen LogP contribution in [0.4, 0.5) is 24.8 Å². The van der Waals surface area contributed by atoms with Gasteiger partial charge in [0.1, 0.15) is 11.3 Å². The first kappa shape index (κ1) is 17.8. The summed E-state index contributed by atoms with van der Waals surface area (Å²) in [6, 6.07) is 6.99. The molecule has 0 radical (unpaired) electrons. The summed E-state index contributed by atoms with van der Waals surface area (Å²) in [7, 11) is 1.13. The van der Waals surface area contributed by atoms with Gasteiger partial charge in [-0.2, -0.15) is 18.2 Å². The quantitative estimate of drug-likeness (QED) is 0.755. The lowest BCUT2D eigenvalue weighted by atomic mass is 10.3. The van der Waals surface area contributed by atoms with Gasteiger partial charge in [0.2, 0.25) is 11.8 Å². The molecule has 0 saturated heterocycles. The normalized spacial score (nSPS) is 11.2. The van der Waals surface area contributed by atoms with Gasteiger partial charge < -0.3 is 14.8 Å². The third-order valence-electron chi connectivity index (χ3n) is 3.13. The number of hydrogen-bond acceptors (Lipinski definition) is 5. The molecule has 0 saturated carbocycles. The maximum absolute atomic E-state index is 12.8. The van der Waals surface area contributed by atoms with Gasteiger partial charge in [0.05, 0.1) is 13.7 Å². The van der Waals surface area contributed by atoms with Crippen LogP contribution in [0.3, 0.4) is 0 Å². The molecule has 1 N–H and O–H groups in total. The maximum atomic E-state index is 12.8. The third kappa shape index (κ3) is 4.74. The standard InChI is InChI=1S/C16H18F3N3O2/c1-3-4-9-24-12-7-5-11(6-8-12)21-15-20-10-13(16(17,18)19)14(22-15)23-2/h5-8,10H,3-4,9H2,1-2H3,(H,20,21,22). The maximum Gasteiger partial charge on any atom is 0.423 e. The molecule has 0 aliphatic carbocycles. The SMILES string of the molecule is CCCCOc1ccc(Nc2ncc(C(F)(F)F)c(OC)n2)cc1. The van der Waals surface area contributed by atoms with Crippen LogP contribution in [0.25, 0.3) is 0 Å². The van der Waals surface area contributed by atoms with Crippen molar-refractivity contribution in [2.45, 2.75) is 25.9 Å². The molecule has 8 heteroatoms. The molecule has 1 heterocycles. The lowest BCUT2D eigenvalue weighted by Gasteiger charge is -2.12. The van der Waals surface area contributed by atoms with E-state index in [1.165, 1.54) is 0 Å². The van der Waals surface area contributed by atoms with Gasteiger partial charge in [-0.3, -0.25) is 0 Å². The zero-order valence-electron chi connectivity index (χ0n) is 13.4. The fourth-order valence-electron chi connectivity index (χ4n) is 1.87. The van der Waals surface area contributed by atoms with Gasteiger partial charge >= 0.3 is 6.18 Å². The van der Waals surface area contributed by atoms with Crippen LogP contribution in [-0.2, 0) is 6.18 Å². The van der Waals surface area contributed by atoms with Crippen LogP contribution in [0.15, 0.2) is 30.5 Å². The highest BCUT2D eigenvalue weighted by Gasteiger charge is 2.36. The largest absolute Gasteiger partial charge is 0.494 e. The van der Waals surface area contributed by atoms with Crippen molar-refractivity contribution in [1.29, 1.82) is 0 Å². The second-order valence-electron chi connectivity index (χ2n) is 4.97. The number of alkyl halides is 3. The van der Waals surface area contributed by atoms with Gasteiger partial charge in [-0.1, -0.05) is 13.3 Å². The lowest BCUT2D eigenvalue weighted by molar-refractivity contribution is -0.139. The van der Waals surface area contributed by atoms with E-state index >= 15 is 0 Å². The van der Waals surface area contributed by atoms with Gasteiger partial charge in [0.25, 0.3) is 0 Å². The average Bonchev–Trinajstić information content (AvgIpc) is 2.55. The summed E-state index contributed by atoms with van der Waals surface area (Å²) < 4.78 is 48.5. The number of halogens is 3. The molecule has 1 aromatic carbocycles. The predicted octanol–water partition coefficient (Wildman–Crippen LogP) is 4.43. The Morgan fingerprint density at radius 2 is 1.88 bits per heavy atom. The summed E-state index contributed by atoms with van der Waals surface area (Å²) >= 11 is 0. The molecule has 0 bridgehead atoms. The first-order chi connectivity index (χ1) is 11.4. The molecule has 0 aliphatic heterocycles. The first-order valence-electron chi connectivity index (χ1n) is 7.42. The van der Waals surface area contributed by atoms with Crippen molar-refractivity contribution in [3.63, 3.8) is 0 Å². The second-order valence-corrected chi connectivity index (χ2v) is 4.97. The van der Waals surface area contributed by atoms with Gasteiger partial charge in [-0.15, -0.1) is 0 Å². The number of nitrogens with one attached hydrogen (secondary N) is 1. The monoisotopic (exact) mass is 341 g/mol. The van der Waals surface area contributed by atoms with Crippen molar-refractivity contribution in [1.82, 2.24) is 9.97 Å². The lowest BCUT2D eigenvalue weighted by Crippen LogP contribution is -2.11. The zero-order valence-corrected chi connectivity index (χ0v) is 13.4. The molecule has 0 spiro atoms. The van der Waals surface area contributed by atoms with Crippen LogP contribution >= 0.6 is 0 Å². The number of nitrogens with zero attached hydrogens (tertiary/aromatic N) is 2. The third-order valence-corrected chi connectivity index (χ3v) is 3.13. The van der Waals surface area contributed by atoms with Crippen molar-refractivity contribution < 1.29 is 22.6 Å². The Morgan fingerprint density at radius 3 is 2.46 bits per heavy atom. The average molecular weight is 341 g/mol. The van der Waals surface area contributed by atoms with Crippen LogP contribution in [0, 0.1) is 0 Å². The van der Waals surface area contributed by atoms with E-state index in [4.69, 9.17) is 9.47 Å². The van der Waals surface area contributed by atoms with E-state index in [-0.39, 0.29) is 5.95 Å². The Hall–Kier alpha value is -2.51. The molecule has 1 aromatic heterocycles. The highest BCUT2D eigenvalue weighted by molar-refractivity contribution is 5.55. The van der Waals surface area contributed by atoms with Crippen LogP contribution in [-0.4, -0.2) is 23.7 Å². The number of ether oxygens (including phenoxy) is 2. The fraction of sp³-hybridized carbons (Fsp3) is 0.375. The highest BCUT2D eigenvalue weighted by Crippen LogP contribution is 2.35. The van der Waals surface area contributed by atoms with Gasteiger partial charge in [0, 0.05) is 11.9 Å². The number of aromatic nitrogens is 2. The van der Waals surface area contributed by atoms with E-state index in [0.717, 1.165) is 25.7 Å². The molecule has 0 aliphatic rings. The Balaban J connectivity index is 2.08. The molecule has 5 nitrogen and oxygen atoms in total. The molecular weight excluding hydrogens is 323 g/mol.